The number of benzene rings is 1. The summed E-state index contributed by atoms with van der Waals surface area (Å²) in [4.78, 5) is 21.6. The zero-order valence-electron chi connectivity index (χ0n) is 6.78. The molecule has 0 fully saturated rings. The molecule has 0 saturated heterocycles. The van der Waals surface area contributed by atoms with E-state index in [-0.39, 0.29) is 0 Å². The van der Waals surface area contributed by atoms with Gasteiger partial charge in [-0.2, -0.15) is 0 Å². The summed E-state index contributed by atoms with van der Waals surface area (Å²) in [6, 6.07) is 8.43. The summed E-state index contributed by atoms with van der Waals surface area (Å²) in [7, 11) is -4.64. The molecule has 8 heteroatoms. The van der Waals surface area contributed by atoms with Crippen LogP contribution in [0.1, 0.15) is 0 Å². The van der Waals surface area contributed by atoms with E-state index in [2.05, 4.69) is 0 Å². The highest BCUT2D eigenvalue weighted by Crippen LogP contribution is 2.25. The molecular formula is C6H8IO6P. The normalized spacial score (nSPS) is 10.6. The van der Waals surface area contributed by atoms with Crippen molar-refractivity contribution in [1.82, 2.24) is 0 Å². The first-order chi connectivity index (χ1) is 6.30. The second-order valence-corrected chi connectivity index (χ2v) is 5.54. The van der Waals surface area contributed by atoms with E-state index in [1.807, 2.05) is 0 Å². The molecule has 0 radical (unpaired) electrons. The number of hydrogen-bond acceptors (Lipinski definition) is 3. The molecular weight excluding hydrogens is 326 g/mol. The fourth-order valence-corrected chi connectivity index (χ4v) is 1.52. The van der Waals surface area contributed by atoms with Crippen LogP contribution in [0.25, 0.3) is 0 Å². The van der Waals surface area contributed by atoms with Crippen molar-refractivity contribution in [3.05, 3.63) is 33.9 Å². The molecule has 0 aliphatic heterocycles. The minimum absolute atomic E-state index is 0.460. The van der Waals surface area contributed by atoms with Gasteiger partial charge in [-0.15, -0.1) is 0 Å². The second kappa shape index (κ2) is 6.20. The average Bonchev–Trinajstić information content (AvgIpc) is 2.03. The first-order valence-corrected chi connectivity index (χ1v) is 7.60. The summed E-state index contributed by atoms with van der Waals surface area (Å²) in [5.41, 5.74) is 0. The molecule has 6 nitrogen and oxygen atoms in total. The van der Waals surface area contributed by atoms with Crippen LogP contribution in [0.5, 0.6) is 0 Å². The zero-order valence-corrected chi connectivity index (χ0v) is 9.83. The van der Waals surface area contributed by atoms with E-state index in [4.69, 9.17) is 19.2 Å². The van der Waals surface area contributed by atoms with Gasteiger partial charge >= 0.3 is 27.6 Å². The van der Waals surface area contributed by atoms with Gasteiger partial charge in [-0.05, 0) is 12.1 Å². The Kier molecular flexibility index (Phi) is 6.05. The Morgan fingerprint density at radius 1 is 1.00 bits per heavy atom. The van der Waals surface area contributed by atoms with Crippen LogP contribution in [0.4, 0.5) is 0 Å². The average molecular weight is 334 g/mol. The van der Waals surface area contributed by atoms with Gasteiger partial charge in [0.1, 0.15) is 0 Å². The van der Waals surface area contributed by atoms with Crippen LogP contribution in [-0.4, -0.2) is 14.7 Å². The van der Waals surface area contributed by atoms with E-state index >= 15 is 0 Å². The predicted molar refractivity (Wildman–Crippen MR) is 54.8 cm³/mol. The zero-order chi connectivity index (χ0) is 11.2. The van der Waals surface area contributed by atoms with E-state index in [1.165, 1.54) is 0 Å². The van der Waals surface area contributed by atoms with Crippen LogP contribution < -0.4 is 0 Å². The summed E-state index contributed by atoms with van der Waals surface area (Å²) in [6.07, 6.45) is 0. The van der Waals surface area contributed by atoms with Crippen molar-refractivity contribution >= 4 is 27.6 Å². The lowest BCUT2D eigenvalue weighted by Gasteiger charge is -1.82. The molecule has 3 N–H and O–H groups in total. The third-order valence-corrected chi connectivity index (χ3v) is 2.65. The minimum Gasteiger partial charge on any atom is -0.303 e. The predicted octanol–water partition coefficient (Wildman–Crippen LogP) is 1.13. The second-order valence-electron chi connectivity index (χ2n) is 2.03. The van der Waals surface area contributed by atoms with Gasteiger partial charge in [0.25, 0.3) is 0 Å². The van der Waals surface area contributed by atoms with Gasteiger partial charge in [-0.25, -0.2) is 10.7 Å². The molecule has 0 amide bonds. The van der Waals surface area contributed by atoms with E-state index in [1.54, 1.807) is 30.3 Å². The van der Waals surface area contributed by atoms with Crippen molar-refractivity contribution < 1.29 is 25.4 Å². The largest absolute Gasteiger partial charge is 0.466 e. The number of phosphoric acid groups is 1. The van der Waals surface area contributed by atoms with Crippen LogP contribution in [0, 0.1) is 3.57 Å². The van der Waals surface area contributed by atoms with Crippen LogP contribution in [0.3, 0.4) is 0 Å². The maximum atomic E-state index is 10.3. The quantitative estimate of drug-likeness (QED) is 0.524. The van der Waals surface area contributed by atoms with Gasteiger partial charge in [0.2, 0.25) is 0 Å². The highest BCUT2D eigenvalue weighted by Gasteiger charge is 2.00. The Morgan fingerprint density at radius 2 is 1.36 bits per heavy atom. The number of halogens is 1. The van der Waals surface area contributed by atoms with E-state index < -0.39 is 27.6 Å². The maximum Gasteiger partial charge on any atom is 0.466 e. The lowest BCUT2D eigenvalue weighted by Crippen LogP contribution is -1.66. The summed E-state index contributed by atoms with van der Waals surface area (Å²) in [5.74, 6) is 0. The summed E-state index contributed by atoms with van der Waals surface area (Å²) >= 11 is -3.18. The Hall–Kier alpha value is -0.340. The van der Waals surface area contributed by atoms with Crippen molar-refractivity contribution in [2.45, 2.75) is 0 Å². The molecule has 0 aliphatic rings. The molecule has 1 aromatic rings. The molecule has 0 unspecified atom stereocenters. The van der Waals surface area contributed by atoms with Crippen molar-refractivity contribution in [2.75, 3.05) is 0 Å². The first-order valence-electron chi connectivity index (χ1n) is 3.19. The van der Waals surface area contributed by atoms with Crippen molar-refractivity contribution in [3.63, 3.8) is 0 Å². The highest BCUT2D eigenvalue weighted by atomic mass is 127. The third kappa shape index (κ3) is 9.75. The molecule has 0 bridgehead atoms. The molecule has 0 aliphatic carbocycles. The summed E-state index contributed by atoms with van der Waals surface area (Å²) in [5, 5.41) is 0. The van der Waals surface area contributed by atoms with Gasteiger partial charge < -0.3 is 14.7 Å². The van der Waals surface area contributed by atoms with Gasteiger partial charge in [-0.3, -0.25) is 0 Å². The fraction of sp³-hybridized carbons (Fsp3) is 0. The highest BCUT2D eigenvalue weighted by molar-refractivity contribution is 14.2. The maximum absolute atomic E-state index is 10.3. The van der Waals surface area contributed by atoms with Crippen molar-refractivity contribution in [3.8, 4) is 0 Å². The smallest absolute Gasteiger partial charge is 0.303 e. The van der Waals surface area contributed by atoms with E-state index in [0.717, 1.165) is 0 Å². The van der Waals surface area contributed by atoms with Gasteiger partial charge in [0.15, 0.2) is 0 Å². The van der Waals surface area contributed by atoms with Crippen LogP contribution >= 0.6 is 27.6 Å². The monoisotopic (exact) mass is 334 g/mol. The molecule has 0 spiro atoms. The fourth-order valence-electron chi connectivity index (χ4n) is 0.518. The third-order valence-electron chi connectivity index (χ3n) is 0.911. The molecule has 14 heavy (non-hydrogen) atoms. The van der Waals surface area contributed by atoms with Crippen molar-refractivity contribution in [2.24, 2.45) is 0 Å². The Labute approximate surface area is 87.0 Å². The Balaban J connectivity index is 0.000000292. The van der Waals surface area contributed by atoms with Crippen LogP contribution in [-0.2, 0) is 10.7 Å². The number of rotatable bonds is 1. The molecule has 80 valence electrons. The lowest BCUT2D eigenvalue weighted by molar-refractivity contribution is 0.275. The SMILES string of the molecule is O=I(=O)c1ccccc1.O=P(O)(O)O. The van der Waals surface area contributed by atoms with Crippen LogP contribution in [0.15, 0.2) is 30.3 Å². The summed E-state index contributed by atoms with van der Waals surface area (Å²) < 4.78 is 30.0. The summed E-state index contributed by atoms with van der Waals surface area (Å²) in [6.45, 7) is 0. The standard InChI is InChI=1S/C6H5IO2.H3O4P/c8-7(9)6-4-2-1-3-5-6;1-5(2,3)4/h1-5H;(H3,1,2,3,4). The molecule has 0 saturated carbocycles. The van der Waals surface area contributed by atoms with E-state index in [0.29, 0.717) is 3.57 Å². The van der Waals surface area contributed by atoms with Gasteiger partial charge in [-0.1, -0.05) is 18.2 Å². The molecule has 0 aromatic heterocycles. The van der Waals surface area contributed by atoms with Gasteiger partial charge in [0, 0.05) is 0 Å². The van der Waals surface area contributed by atoms with Gasteiger partial charge in [0.05, 0.1) is 3.57 Å². The molecule has 1 rings (SSSR count). The lowest BCUT2D eigenvalue weighted by atomic mass is 10.4. The molecule has 0 atom stereocenters. The topological polar surface area (TPSA) is 112 Å². The Bertz CT molecular complexity index is 364. The number of hydrogen-bond donors (Lipinski definition) is 3. The molecule has 0 heterocycles. The first kappa shape index (κ1) is 13.7. The Morgan fingerprint density at radius 3 is 1.57 bits per heavy atom. The minimum atomic E-state index is -4.64. The van der Waals surface area contributed by atoms with E-state index in [9.17, 15) is 6.14 Å². The van der Waals surface area contributed by atoms with Crippen molar-refractivity contribution in [1.29, 1.82) is 0 Å². The molecule has 1 aromatic carbocycles. The van der Waals surface area contributed by atoms with Crippen LogP contribution in [0.2, 0.25) is 0 Å².